The van der Waals surface area contributed by atoms with Crippen molar-refractivity contribution in [2.75, 3.05) is 11.9 Å². The molecule has 1 aromatic heterocycles. The third-order valence-electron chi connectivity index (χ3n) is 4.88. The number of benzene rings is 1. The monoisotopic (exact) mass is 366 g/mol. The SMILES string of the molecule is Cc1ncnc(N(C)C2CC([C@@H](O)c3ccc(F)c(F)c3)[C@@H](O)[C@H]2O)n1. The molecule has 26 heavy (non-hydrogen) atoms. The average molecular weight is 366 g/mol. The zero-order valence-electron chi connectivity index (χ0n) is 14.3. The van der Waals surface area contributed by atoms with Gasteiger partial charge in [0.15, 0.2) is 11.6 Å². The number of anilines is 1. The Bertz CT molecular complexity index is 794. The number of likely N-dealkylation sites (N-methyl/N-ethyl adjacent to an activating group) is 1. The Labute approximate surface area is 149 Å². The van der Waals surface area contributed by atoms with Crippen LogP contribution in [0.15, 0.2) is 24.5 Å². The number of aliphatic hydroxyl groups excluding tert-OH is 3. The van der Waals surface area contributed by atoms with Crippen molar-refractivity contribution in [3.05, 3.63) is 47.5 Å². The summed E-state index contributed by atoms with van der Waals surface area (Å²) >= 11 is 0. The van der Waals surface area contributed by atoms with Gasteiger partial charge < -0.3 is 20.2 Å². The van der Waals surface area contributed by atoms with Gasteiger partial charge in [-0.3, -0.25) is 0 Å². The van der Waals surface area contributed by atoms with Crippen molar-refractivity contribution in [1.29, 1.82) is 0 Å². The number of nitrogens with zero attached hydrogens (tertiary/aromatic N) is 4. The van der Waals surface area contributed by atoms with Crippen molar-refractivity contribution in [2.24, 2.45) is 5.92 Å². The molecule has 3 N–H and O–H groups in total. The molecular formula is C17H20F2N4O3. The van der Waals surface area contributed by atoms with Gasteiger partial charge in [-0.1, -0.05) is 6.07 Å². The third-order valence-corrected chi connectivity index (χ3v) is 4.88. The molecule has 1 aliphatic carbocycles. The van der Waals surface area contributed by atoms with Crippen LogP contribution in [0.25, 0.3) is 0 Å². The van der Waals surface area contributed by atoms with E-state index in [1.807, 2.05) is 0 Å². The van der Waals surface area contributed by atoms with Gasteiger partial charge in [-0.2, -0.15) is 4.98 Å². The fourth-order valence-corrected chi connectivity index (χ4v) is 3.37. The van der Waals surface area contributed by atoms with E-state index in [0.29, 0.717) is 11.8 Å². The highest BCUT2D eigenvalue weighted by molar-refractivity contribution is 5.32. The number of hydrogen-bond acceptors (Lipinski definition) is 7. The van der Waals surface area contributed by atoms with Gasteiger partial charge in [-0.05, 0) is 31.0 Å². The molecule has 1 fully saturated rings. The van der Waals surface area contributed by atoms with E-state index in [4.69, 9.17) is 0 Å². The molecule has 0 aliphatic heterocycles. The smallest absolute Gasteiger partial charge is 0.228 e. The van der Waals surface area contributed by atoms with E-state index in [1.165, 1.54) is 12.4 Å². The van der Waals surface area contributed by atoms with Crippen molar-refractivity contribution >= 4 is 5.95 Å². The zero-order chi connectivity index (χ0) is 19.0. The first-order chi connectivity index (χ1) is 12.3. The van der Waals surface area contributed by atoms with Crippen LogP contribution in [0.1, 0.15) is 23.9 Å². The Morgan fingerprint density at radius 1 is 1.15 bits per heavy atom. The Morgan fingerprint density at radius 2 is 1.88 bits per heavy atom. The predicted molar refractivity (Wildman–Crippen MR) is 88.2 cm³/mol. The molecule has 2 aromatic rings. The highest BCUT2D eigenvalue weighted by atomic mass is 19.2. The molecule has 1 heterocycles. The molecule has 0 spiro atoms. The number of halogens is 2. The van der Waals surface area contributed by atoms with Crippen LogP contribution in [0.4, 0.5) is 14.7 Å². The number of aryl methyl sites for hydroxylation is 1. The lowest BCUT2D eigenvalue weighted by Crippen LogP contribution is -2.42. The van der Waals surface area contributed by atoms with E-state index >= 15 is 0 Å². The molecule has 0 amide bonds. The van der Waals surface area contributed by atoms with Gasteiger partial charge in [0.25, 0.3) is 0 Å². The molecule has 1 aliphatic rings. The molecule has 0 bridgehead atoms. The minimum Gasteiger partial charge on any atom is -0.390 e. The second-order valence-corrected chi connectivity index (χ2v) is 6.51. The number of rotatable bonds is 4. The Hall–Kier alpha value is -2.23. The minimum atomic E-state index is -1.26. The lowest BCUT2D eigenvalue weighted by molar-refractivity contribution is -0.0232. The van der Waals surface area contributed by atoms with Gasteiger partial charge in [0, 0.05) is 13.0 Å². The van der Waals surface area contributed by atoms with Crippen LogP contribution in [0.5, 0.6) is 0 Å². The molecule has 0 radical (unpaired) electrons. The first kappa shape index (κ1) is 18.6. The summed E-state index contributed by atoms with van der Waals surface area (Å²) < 4.78 is 26.5. The standard InChI is InChI=1S/C17H20F2N4O3/c1-8-20-7-21-17(22-8)23(2)13-6-10(15(25)16(13)26)14(24)9-3-4-11(18)12(19)5-9/h3-5,7,10,13-16,24-26H,6H2,1-2H3/t10?,13?,14-,15+,16-/m0/s1. The number of hydrogen-bond donors (Lipinski definition) is 3. The summed E-state index contributed by atoms with van der Waals surface area (Å²) in [5.74, 6) is -2.02. The predicted octanol–water partition coefficient (Wildman–Crippen LogP) is 0.738. The van der Waals surface area contributed by atoms with Crippen LogP contribution in [-0.2, 0) is 0 Å². The van der Waals surface area contributed by atoms with Crippen molar-refractivity contribution in [3.8, 4) is 0 Å². The molecule has 3 rings (SSSR count). The molecule has 9 heteroatoms. The average Bonchev–Trinajstić information content (AvgIpc) is 2.91. The lowest BCUT2D eigenvalue weighted by atomic mass is 9.92. The van der Waals surface area contributed by atoms with E-state index in [0.717, 1.165) is 12.1 Å². The quantitative estimate of drug-likeness (QED) is 0.733. The minimum absolute atomic E-state index is 0.138. The highest BCUT2D eigenvalue weighted by Gasteiger charge is 2.47. The number of aliphatic hydroxyl groups is 3. The highest BCUT2D eigenvalue weighted by Crippen LogP contribution is 2.39. The van der Waals surface area contributed by atoms with Crippen molar-refractivity contribution in [2.45, 2.75) is 37.7 Å². The second kappa shape index (κ2) is 7.18. The first-order valence-electron chi connectivity index (χ1n) is 8.17. The van der Waals surface area contributed by atoms with Crippen LogP contribution < -0.4 is 4.90 Å². The summed E-state index contributed by atoms with van der Waals surface area (Å²) in [6.45, 7) is 1.70. The molecular weight excluding hydrogens is 346 g/mol. The fourth-order valence-electron chi connectivity index (χ4n) is 3.37. The maximum Gasteiger partial charge on any atom is 0.228 e. The van der Waals surface area contributed by atoms with Crippen LogP contribution in [-0.4, -0.2) is 55.6 Å². The summed E-state index contributed by atoms with van der Waals surface area (Å²) in [5, 5.41) is 31.3. The van der Waals surface area contributed by atoms with Crippen LogP contribution >= 0.6 is 0 Å². The topological polar surface area (TPSA) is 103 Å². The maximum absolute atomic E-state index is 13.4. The molecule has 1 saturated carbocycles. The summed E-state index contributed by atoms with van der Waals surface area (Å²) in [6.07, 6.45) is -2.10. The van der Waals surface area contributed by atoms with E-state index in [9.17, 15) is 24.1 Å². The first-order valence-corrected chi connectivity index (χ1v) is 8.17. The maximum atomic E-state index is 13.4. The molecule has 140 valence electrons. The van der Waals surface area contributed by atoms with Gasteiger partial charge in [0.05, 0.1) is 18.2 Å². The number of aromatic nitrogens is 3. The third kappa shape index (κ3) is 3.37. The van der Waals surface area contributed by atoms with E-state index in [-0.39, 0.29) is 12.0 Å². The second-order valence-electron chi connectivity index (χ2n) is 6.51. The summed E-state index contributed by atoms with van der Waals surface area (Å²) in [5.41, 5.74) is 0.138. The molecule has 7 nitrogen and oxygen atoms in total. The summed E-state index contributed by atoms with van der Waals surface area (Å²) in [6, 6.07) is 2.51. The molecule has 2 unspecified atom stereocenters. The van der Waals surface area contributed by atoms with E-state index in [1.54, 1.807) is 18.9 Å². The zero-order valence-corrected chi connectivity index (χ0v) is 14.3. The molecule has 5 atom stereocenters. The van der Waals surface area contributed by atoms with Gasteiger partial charge in [-0.15, -0.1) is 0 Å². The molecule has 1 aromatic carbocycles. The Morgan fingerprint density at radius 3 is 2.54 bits per heavy atom. The van der Waals surface area contributed by atoms with Gasteiger partial charge >= 0.3 is 0 Å². The van der Waals surface area contributed by atoms with E-state index < -0.39 is 41.9 Å². The molecule has 0 saturated heterocycles. The van der Waals surface area contributed by atoms with Gasteiger partial charge in [-0.25, -0.2) is 18.7 Å². The van der Waals surface area contributed by atoms with Crippen molar-refractivity contribution in [1.82, 2.24) is 15.0 Å². The van der Waals surface area contributed by atoms with Crippen molar-refractivity contribution in [3.63, 3.8) is 0 Å². The van der Waals surface area contributed by atoms with E-state index in [2.05, 4.69) is 15.0 Å². The Kier molecular flexibility index (Phi) is 5.12. The normalized spacial score (nSPS) is 26.7. The summed E-state index contributed by atoms with van der Waals surface area (Å²) in [4.78, 5) is 13.8. The largest absolute Gasteiger partial charge is 0.390 e. The fraction of sp³-hybridized carbons (Fsp3) is 0.471. The van der Waals surface area contributed by atoms with Gasteiger partial charge in [0.1, 0.15) is 18.3 Å². The van der Waals surface area contributed by atoms with Gasteiger partial charge in [0.2, 0.25) is 5.95 Å². The van der Waals surface area contributed by atoms with Crippen molar-refractivity contribution < 1.29 is 24.1 Å². The lowest BCUT2D eigenvalue weighted by Gasteiger charge is -2.27. The van der Waals surface area contributed by atoms with Crippen LogP contribution in [0, 0.1) is 24.5 Å². The Balaban J connectivity index is 1.81. The summed E-state index contributed by atoms with van der Waals surface area (Å²) in [7, 11) is 1.67. The van der Waals surface area contributed by atoms with Crippen LogP contribution in [0.2, 0.25) is 0 Å². The van der Waals surface area contributed by atoms with Crippen LogP contribution in [0.3, 0.4) is 0 Å².